The predicted molar refractivity (Wildman–Crippen MR) is 151 cm³/mol. The second-order valence-electron chi connectivity index (χ2n) is 8.57. The Morgan fingerprint density at radius 2 is 1.59 bits per heavy atom. The Morgan fingerprint density at radius 1 is 0.846 bits per heavy atom. The number of benzene rings is 4. The van der Waals surface area contributed by atoms with E-state index in [1.54, 1.807) is 48.5 Å². The van der Waals surface area contributed by atoms with Gasteiger partial charge in [0.05, 0.1) is 13.3 Å². The predicted octanol–water partition coefficient (Wildman–Crippen LogP) is 5.97. The summed E-state index contributed by atoms with van der Waals surface area (Å²) in [6, 6.07) is 29.3. The maximum Gasteiger partial charge on any atom is 0.336 e. The van der Waals surface area contributed by atoms with Gasteiger partial charge in [0.15, 0.2) is 11.5 Å². The molecule has 0 aliphatic rings. The maximum absolute atomic E-state index is 12.5. The third-order valence-corrected chi connectivity index (χ3v) is 5.63. The molecule has 0 saturated carbocycles. The smallest absolute Gasteiger partial charge is 0.336 e. The van der Waals surface area contributed by atoms with Crippen molar-refractivity contribution in [2.24, 2.45) is 5.10 Å². The number of hydrogen-bond acceptors (Lipinski definition) is 6. The van der Waals surface area contributed by atoms with Crippen LogP contribution in [-0.2, 0) is 11.4 Å². The first-order valence-corrected chi connectivity index (χ1v) is 12.2. The summed E-state index contributed by atoms with van der Waals surface area (Å²) in [5.74, 6) is 0.398. The lowest BCUT2D eigenvalue weighted by molar-refractivity contribution is -0.129. The highest BCUT2D eigenvalue weighted by Crippen LogP contribution is 2.28. The van der Waals surface area contributed by atoms with Crippen molar-refractivity contribution in [1.29, 1.82) is 0 Å². The summed E-state index contributed by atoms with van der Waals surface area (Å²) in [7, 11) is 1.48. The molecule has 0 aliphatic heterocycles. The molecular formula is C32H28N2O5. The van der Waals surface area contributed by atoms with Gasteiger partial charge in [-0.05, 0) is 72.2 Å². The second-order valence-corrected chi connectivity index (χ2v) is 8.57. The van der Waals surface area contributed by atoms with Crippen molar-refractivity contribution >= 4 is 24.2 Å². The van der Waals surface area contributed by atoms with Gasteiger partial charge in [-0.2, -0.15) is 5.10 Å². The third kappa shape index (κ3) is 8.16. The highest BCUT2D eigenvalue weighted by molar-refractivity contribution is 5.95. The van der Waals surface area contributed by atoms with Crippen molar-refractivity contribution in [1.82, 2.24) is 5.43 Å². The third-order valence-electron chi connectivity index (χ3n) is 5.63. The van der Waals surface area contributed by atoms with Crippen LogP contribution >= 0.6 is 0 Å². The van der Waals surface area contributed by atoms with Crippen LogP contribution in [0, 0.1) is 6.92 Å². The van der Waals surface area contributed by atoms with Crippen LogP contribution in [0.25, 0.3) is 6.08 Å². The molecule has 0 atom stereocenters. The van der Waals surface area contributed by atoms with Crippen molar-refractivity contribution < 1.29 is 23.8 Å². The van der Waals surface area contributed by atoms with Crippen LogP contribution < -0.4 is 19.6 Å². The Labute approximate surface area is 227 Å². The topological polar surface area (TPSA) is 86.2 Å². The van der Waals surface area contributed by atoms with Crippen LogP contribution in [0.3, 0.4) is 0 Å². The van der Waals surface area contributed by atoms with Crippen LogP contribution in [0.4, 0.5) is 0 Å². The number of carbonyl (C=O) groups is 2. The van der Waals surface area contributed by atoms with E-state index in [-0.39, 0.29) is 11.7 Å². The molecule has 0 aliphatic carbocycles. The van der Waals surface area contributed by atoms with Crippen molar-refractivity contribution in [3.8, 4) is 17.2 Å². The lowest BCUT2D eigenvalue weighted by Crippen LogP contribution is -2.17. The van der Waals surface area contributed by atoms with E-state index in [4.69, 9.17) is 14.2 Å². The van der Waals surface area contributed by atoms with Gasteiger partial charge in [0.2, 0.25) is 0 Å². The van der Waals surface area contributed by atoms with Gasteiger partial charge >= 0.3 is 5.97 Å². The molecule has 0 aromatic heterocycles. The molecular weight excluding hydrogens is 492 g/mol. The van der Waals surface area contributed by atoms with E-state index in [9.17, 15) is 9.59 Å². The van der Waals surface area contributed by atoms with E-state index in [1.807, 2.05) is 61.5 Å². The molecule has 4 aromatic carbocycles. The zero-order chi connectivity index (χ0) is 27.5. The van der Waals surface area contributed by atoms with E-state index in [0.717, 1.165) is 11.1 Å². The molecule has 0 spiro atoms. The van der Waals surface area contributed by atoms with Crippen molar-refractivity contribution in [2.45, 2.75) is 13.5 Å². The lowest BCUT2D eigenvalue weighted by atomic mass is 10.2. The quantitative estimate of drug-likeness (QED) is 0.0916. The Balaban J connectivity index is 1.29. The molecule has 0 bridgehead atoms. The van der Waals surface area contributed by atoms with E-state index < -0.39 is 5.97 Å². The minimum absolute atomic E-state index is 0.270. The highest BCUT2D eigenvalue weighted by atomic mass is 16.6. The van der Waals surface area contributed by atoms with Gasteiger partial charge in [0, 0.05) is 11.6 Å². The van der Waals surface area contributed by atoms with Gasteiger partial charge in [-0.15, -0.1) is 0 Å². The first-order valence-electron chi connectivity index (χ1n) is 12.2. The molecule has 0 unspecified atom stereocenters. The largest absolute Gasteiger partial charge is 0.493 e. The fraction of sp³-hybridized carbons (Fsp3) is 0.0938. The monoisotopic (exact) mass is 520 g/mol. The molecule has 1 amide bonds. The number of carbonyl (C=O) groups excluding carboxylic acids is 2. The molecule has 4 rings (SSSR count). The number of hydrogen-bond donors (Lipinski definition) is 1. The van der Waals surface area contributed by atoms with Gasteiger partial charge < -0.3 is 14.2 Å². The van der Waals surface area contributed by atoms with E-state index in [2.05, 4.69) is 10.5 Å². The number of esters is 1. The molecule has 4 aromatic rings. The lowest BCUT2D eigenvalue weighted by Gasteiger charge is -2.08. The summed E-state index contributed by atoms with van der Waals surface area (Å²) in [5.41, 5.74) is 6.74. The van der Waals surface area contributed by atoms with Gasteiger partial charge in [-0.25, -0.2) is 10.2 Å². The maximum atomic E-state index is 12.5. The zero-order valence-corrected chi connectivity index (χ0v) is 21.7. The van der Waals surface area contributed by atoms with Gasteiger partial charge in [-0.1, -0.05) is 60.2 Å². The molecule has 7 heteroatoms. The molecule has 0 saturated heterocycles. The fourth-order valence-corrected chi connectivity index (χ4v) is 3.50. The number of ether oxygens (including phenoxy) is 3. The zero-order valence-electron chi connectivity index (χ0n) is 21.7. The van der Waals surface area contributed by atoms with Crippen LogP contribution in [0.15, 0.2) is 108 Å². The summed E-state index contributed by atoms with van der Waals surface area (Å²) >= 11 is 0. The minimum Gasteiger partial charge on any atom is -0.493 e. The Hall–Kier alpha value is -5.17. The van der Waals surface area contributed by atoms with Crippen LogP contribution in [0.1, 0.15) is 32.6 Å². The first kappa shape index (κ1) is 26.9. The number of nitrogens with one attached hydrogen (secondary N) is 1. The van der Waals surface area contributed by atoms with Crippen molar-refractivity contribution in [3.05, 3.63) is 131 Å². The minimum atomic E-state index is -0.530. The summed E-state index contributed by atoms with van der Waals surface area (Å²) in [6.07, 6.45) is 4.49. The summed E-state index contributed by atoms with van der Waals surface area (Å²) < 4.78 is 16.5. The number of amides is 1. The average molecular weight is 521 g/mol. The van der Waals surface area contributed by atoms with Crippen LogP contribution in [0.2, 0.25) is 0 Å². The van der Waals surface area contributed by atoms with Crippen LogP contribution in [0.5, 0.6) is 17.2 Å². The molecule has 0 heterocycles. The Kier molecular flexibility index (Phi) is 9.23. The number of nitrogens with zero attached hydrogens (tertiary/aromatic N) is 1. The molecule has 196 valence electrons. The summed E-state index contributed by atoms with van der Waals surface area (Å²) in [6.45, 7) is 2.49. The molecule has 1 N–H and O–H groups in total. The van der Waals surface area contributed by atoms with E-state index in [1.165, 1.54) is 25.0 Å². The molecule has 39 heavy (non-hydrogen) atoms. The summed E-state index contributed by atoms with van der Waals surface area (Å²) in [5, 5.41) is 4.02. The number of hydrazone groups is 1. The van der Waals surface area contributed by atoms with Crippen molar-refractivity contribution in [2.75, 3.05) is 7.11 Å². The number of aryl methyl sites for hydroxylation is 1. The first-order chi connectivity index (χ1) is 19.0. The van der Waals surface area contributed by atoms with Crippen LogP contribution in [-0.4, -0.2) is 25.2 Å². The Morgan fingerprint density at radius 3 is 2.31 bits per heavy atom. The van der Waals surface area contributed by atoms with Gasteiger partial charge in [0.1, 0.15) is 12.4 Å². The second kappa shape index (κ2) is 13.4. The number of methoxy groups -OCH3 is 1. The normalized spacial score (nSPS) is 10.9. The molecule has 0 fully saturated rings. The molecule has 0 radical (unpaired) electrons. The standard InChI is InChI=1S/C32H28N2O5/c1-23-8-10-25(11-9-23)22-38-28-16-14-27(15-17-28)32(36)34-33-21-26-12-18-29(30(20-26)37-2)39-31(35)19-13-24-6-4-3-5-7-24/h3-21H,22H2,1-2H3,(H,34,36)/b19-13+,33-21-. The van der Waals surface area contributed by atoms with Gasteiger partial charge in [0.25, 0.3) is 5.91 Å². The number of rotatable bonds is 10. The highest BCUT2D eigenvalue weighted by Gasteiger charge is 2.09. The SMILES string of the molecule is COc1cc(/C=N\NC(=O)c2ccc(OCc3ccc(C)cc3)cc2)ccc1OC(=O)/C=C/c1ccccc1. The van der Waals surface area contributed by atoms with E-state index in [0.29, 0.717) is 29.2 Å². The van der Waals surface area contributed by atoms with Gasteiger partial charge in [-0.3, -0.25) is 4.79 Å². The van der Waals surface area contributed by atoms with Crippen molar-refractivity contribution in [3.63, 3.8) is 0 Å². The van der Waals surface area contributed by atoms with E-state index >= 15 is 0 Å². The summed E-state index contributed by atoms with van der Waals surface area (Å²) in [4.78, 5) is 24.7. The Bertz CT molecular complexity index is 1460. The fourth-order valence-electron chi connectivity index (χ4n) is 3.50. The molecule has 7 nitrogen and oxygen atoms in total. The average Bonchev–Trinajstić information content (AvgIpc) is 2.97.